The van der Waals surface area contributed by atoms with Gasteiger partial charge in [0.2, 0.25) is 0 Å². The number of hydrogen-bond acceptors (Lipinski definition) is 3. The molecule has 2 aromatic rings. The molecule has 154 valence electrons. The molecule has 5 nitrogen and oxygen atoms in total. The van der Waals surface area contributed by atoms with Crippen molar-refractivity contribution in [1.82, 2.24) is 10.2 Å². The summed E-state index contributed by atoms with van der Waals surface area (Å²) >= 11 is 0. The summed E-state index contributed by atoms with van der Waals surface area (Å²) in [5, 5.41) is 2.46. The molecule has 29 heavy (non-hydrogen) atoms. The van der Waals surface area contributed by atoms with Gasteiger partial charge in [0, 0.05) is 5.56 Å². The average molecular weight is 402 g/mol. The third kappa shape index (κ3) is 4.09. The molecule has 7 heteroatoms. The predicted molar refractivity (Wildman–Crippen MR) is 105 cm³/mol. The molecule has 1 atom stereocenters. The number of rotatable bonds is 5. The molecule has 0 radical (unpaired) electrons. The smallest absolute Gasteiger partial charge is 0.325 e. The van der Waals surface area contributed by atoms with Crippen molar-refractivity contribution in [1.29, 1.82) is 0 Å². The summed E-state index contributed by atoms with van der Waals surface area (Å²) in [5.74, 6) is -1.49. The second-order valence-corrected chi connectivity index (χ2v) is 8.26. The van der Waals surface area contributed by atoms with Crippen LogP contribution in [0.4, 0.5) is 13.6 Å². The first kappa shape index (κ1) is 20.8. The first-order chi connectivity index (χ1) is 13.5. The summed E-state index contributed by atoms with van der Waals surface area (Å²) in [6.07, 6.45) is 0. The zero-order valence-electron chi connectivity index (χ0n) is 16.9. The van der Waals surface area contributed by atoms with Crippen molar-refractivity contribution in [3.05, 3.63) is 65.2 Å². The highest BCUT2D eigenvalue weighted by Crippen LogP contribution is 2.31. The maximum absolute atomic E-state index is 14.2. The van der Waals surface area contributed by atoms with Crippen molar-refractivity contribution in [3.63, 3.8) is 0 Å². The topological polar surface area (TPSA) is 58.6 Å². The number of ether oxygens (including phenoxy) is 1. The van der Waals surface area contributed by atoms with Gasteiger partial charge in [0.05, 0.1) is 6.54 Å². The van der Waals surface area contributed by atoms with E-state index in [1.54, 1.807) is 0 Å². The maximum atomic E-state index is 14.2. The van der Waals surface area contributed by atoms with Gasteiger partial charge in [-0.2, -0.15) is 0 Å². The van der Waals surface area contributed by atoms with Gasteiger partial charge in [0.1, 0.15) is 29.5 Å². The minimum atomic E-state index is -1.67. The van der Waals surface area contributed by atoms with Gasteiger partial charge in [-0.05, 0) is 48.2 Å². The van der Waals surface area contributed by atoms with Crippen LogP contribution in [0.5, 0.6) is 5.75 Å². The molecular weight excluding hydrogens is 378 g/mol. The molecule has 0 spiro atoms. The number of halogens is 2. The van der Waals surface area contributed by atoms with Crippen LogP contribution in [0.3, 0.4) is 0 Å². The lowest BCUT2D eigenvalue weighted by molar-refractivity contribution is -0.131. The Balaban J connectivity index is 1.67. The summed E-state index contributed by atoms with van der Waals surface area (Å²) in [5.41, 5.74) is -0.698. The van der Waals surface area contributed by atoms with Crippen LogP contribution in [0.2, 0.25) is 0 Å². The second kappa shape index (κ2) is 7.46. The third-order valence-corrected chi connectivity index (χ3v) is 5.05. The average Bonchev–Trinajstić information content (AvgIpc) is 2.87. The molecule has 0 aromatic heterocycles. The quantitative estimate of drug-likeness (QED) is 0.766. The second-order valence-electron chi connectivity index (χ2n) is 8.26. The Hall–Kier alpha value is -2.96. The molecule has 1 saturated heterocycles. The lowest BCUT2D eigenvalue weighted by Crippen LogP contribution is -2.42. The largest absolute Gasteiger partial charge is 0.492 e. The van der Waals surface area contributed by atoms with Crippen LogP contribution < -0.4 is 10.1 Å². The fraction of sp³-hybridized carbons (Fsp3) is 0.364. The number of amides is 3. The number of nitrogens with zero attached hydrogens (tertiary/aromatic N) is 1. The number of benzene rings is 2. The third-order valence-electron chi connectivity index (χ3n) is 5.05. The molecule has 1 fully saturated rings. The predicted octanol–water partition coefficient (Wildman–Crippen LogP) is 4.11. The monoisotopic (exact) mass is 402 g/mol. The molecule has 1 aliphatic heterocycles. The van der Waals surface area contributed by atoms with E-state index >= 15 is 0 Å². The van der Waals surface area contributed by atoms with E-state index in [1.807, 2.05) is 24.3 Å². The molecule has 1 aliphatic rings. The van der Waals surface area contributed by atoms with Gasteiger partial charge in [0.15, 0.2) is 0 Å². The van der Waals surface area contributed by atoms with Gasteiger partial charge >= 0.3 is 6.03 Å². The highest BCUT2D eigenvalue weighted by atomic mass is 19.1. The fourth-order valence-electron chi connectivity index (χ4n) is 3.27. The van der Waals surface area contributed by atoms with Gasteiger partial charge in [-0.3, -0.25) is 9.69 Å². The SMILES string of the molecule is CC(C)(C)c1ccc(OCCN2C(=O)NC(C)(c3cc(F)ccc3F)C2=O)cc1. The highest BCUT2D eigenvalue weighted by Gasteiger charge is 2.50. The van der Waals surface area contributed by atoms with Crippen LogP contribution in [-0.4, -0.2) is 30.0 Å². The molecule has 1 heterocycles. The van der Waals surface area contributed by atoms with Crippen molar-refractivity contribution in [3.8, 4) is 5.75 Å². The Morgan fingerprint density at radius 3 is 2.34 bits per heavy atom. The Bertz CT molecular complexity index is 938. The van der Waals surface area contributed by atoms with Gasteiger partial charge in [-0.25, -0.2) is 13.6 Å². The molecular formula is C22H24F2N2O3. The van der Waals surface area contributed by atoms with Crippen molar-refractivity contribution in [2.24, 2.45) is 0 Å². The van der Waals surface area contributed by atoms with Gasteiger partial charge in [0.25, 0.3) is 5.91 Å². The van der Waals surface area contributed by atoms with E-state index in [1.165, 1.54) is 6.92 Å². The molecule has 0 bridgehead atoms. The fourth-order valence-corrected chi connectivity index (χ4v) is 3.27. The van der Waals surface area contributed by atoms with Crippen molar-refractivity contribution < 1.29 is 23.1 Å². The molecule has 1 N–H and O–H groups in total. The van der Waals surface area contributed by atoms with E-state index < -0.39 is 29.1 Å². The van der Waals surface area contributed by atoms with Crippen molar-refractivity contribution >= 4 is 11.9 Å². The van der Waals surface area contributed by atoms with Gasteiger partial charge < -0.3 is 10.1 Å². The van der Waals surface area contributed by atoms with Gasteiger partial charge in [-0.15, -0.1) is 0 Å². The van der Waals surface area contributed by atoms with Crippen LogP contribution in [0, 0.1) is 11.6 Å². The maximum Gasteiger partial charge on any atom is 0.325 e. The number of nitrogens with one attached hydrogen (secondary N) is 1. The first-order valence-electron chi connectivity index (χ1n) is 9.35. The van der Waals surface area contributed by atoms with E-state index in [2.05, 4.69) is 26.1 Å². The first-order valence-corrected chi connectivity index (χ1v) is 9.35. The Labute approximate surface area is 168 Å². The molecule has 0 aliphatic carbocycles. The van der Waals surface area contributed by atoms with E-state index in [0.717, 1.165) is 28.7 Å². The number of carbonyl (C=O) groups excluding carboxylic acids is 2. The van der Waals surface area contributed by atoms with E-state index in [-0.39, 0.29) is 24.1 Å². The summed E-state index contributed by atoms with van der Waals surface area (Å²) < 4.78 is 33.4. The summed E-state index contributed by atoms with van der Waals surface area (Å²) in [7, 11) is 0. The van der Waals surface area contributed by atoms with E-state index in [9.17, 15) is 18.4 Å². The standard InChI is InChI=1S/C22H24F2N2O3/c1-21(2,3)14-5-8-16(9-6-14)29-12-11-26-19(27)22(4,25-20(26)28)17-13-15(23)7-10-18(17)24/h5-10,13H,11-12H2,1-4H3,(H,25,28). The number of carbonyl (C=O) groups is 2. The Morgan fingerprint density at radius 2 is 1.72 bits per heavy atom. The zero-order chi connectivity index (χ0) is 21.4. The number of urea groups is 1. The number of hydrogen-bond donors (Lipinski definition) is 1. The summed E-state index contributed by atoms with van der Waals surface area (Å²) in [6, 6.07) is 9.73. The normalized spacial score (nSPS) is 19.4. The lowest BCUT2D eigenvalue weighted by Gasteiger charge is -2.23. The molecule has 2 aromatic carbocycles. The Kier molecular flexibility index (Phi) is 5.34. The van der Waals surface area contributed by atoms with Gasteiger partial charge in [-0.1, -0.05) is 32.9 Å². The highest BCUT2D eigenvalue weighted by molar-refractivity contribution is 6.07. The van der Waals surface area contributed by atoms with Crippen LogP contribution in [0.1, 0.15) is 38.8 Å². The lowest BCUT2D eigenvalue weighted by atomic mass is 9.87. The van der Waals surface area contributed by atoms with Crippen molar-refractivity contribution in [2.45, 2.75) is 38.6 Å². The van der Waals surface area contributed by atoms with Crippen LogP contribution in [-0.2, 0) is 15.7 Å². The van der Waals surface area contributed by atoms with Crippen LogP contribution in [0.15, 0.2) is 42.5 Å². The molecule has 1 unspecified atom stereocenters. The van der Waals surface area contributed by atoms with E-state index in [4.69, 9.17) is 4.74 Å². The van der Waals surface area contributed by atoms with Crippen LogP contribution >= 0.6 is 0 Å². The minimum Gasteiger partial charge on any atom is -0.492 e. The number of imide groups is 1. The zero-order valence-corrected chi connectivity index (χ0v) is 16.9. The molecule has 0 saturated carbocycles. The molecule has 3 amide bonds. The Morgan fingerprint density at radius 1 is 1.07 bits per heavy atom. The van der Waals surface area contributed by atoms with E-state index in [0.29, 0.717) is 5.75 Å². The molecule has 3 rings (SSSR count). The summed E-state index contributed by atoms with van der Waals surface area (Å²) in [4.78, 5) is 26.0. The van der Waals surface area contributed by atoms with Crippen molar-refractivity contribution in [2.75, 3.05) is 13.2 Å². The minimum absolute atomic E-state index is 0.0157. The van der Waals surface area contributed by atoms with Crippen LogP contribution in [0.25, 0.3) is 0 Å². The summed E-state index contributed by atoms with van der Waals surface area (Å²) in [6.45, 7) is 7.75.